The van der Waals surface area contributed by atoms with E-state index in [4.69, 9.17) is 9.97 Å². The second kappa shape index (κ2) is 14.1. The summed E-state index contributed by atoms with van der Waals surface area (Å²) in [5.41, 5.74) is 17.5. The number of aryl methyl sites for hydroxylation is 1. The third kappa shape index (κ3) is 5.92. The molecular formula is C54H38N2O. The number of benzene rings is 7. The molecule has 0 atom stereocenters. The maximum Gasteiger partial charge on any atom is 0.124 e. The number of nitrogens with zero attached hydrogens (tertiary/aromatic N) is 2. The van der Waals surface area contributed by atoms with Crippen LogP contribution in [0.25, 0.3) is 67.2 Å². The lowest BCUT2D eigenvalue weighted by Gasteiger charge is -2.34. The molecule has 1 N–H and O–H groups in total. The molecule has 0 radical (unpaired) electrons. The number of hydrogen-bond acceptors (Lipinski definition) is 3. The number of rotatable bonds is 7. The highest BCUT2D eigenvalue weighted by atomic mass is 16.3. The second-order valence-corrected chi connectivity index (χ2v) is 14.8. The van der Waals surface area contributed by atoms with Crippen LogP contribution in [-0.2, 0) is 5.41 Å². The van der Waals surface area contributed by atoms with Gasteiger partial charge in [0.05, 0.1) is 22.5 Å². The van der Waals surface area contributed by atoms with Crippen molar-refractivity contribution in [1.29, 1.82) is 0 Å². The summed E-state index contributed by atoms with van der Waals surface area (Å²) in [6.07, 6.45) is 0. The molecule has 0 saturated carbocycles. The smallest absolute Gasteiger partial charge is 0.124 e. The summed E-state index contributed by atoms with van der Waals surface area (Å²) >= 11 is 0. The highest BCUT2D eigenvalue weighted by molar-refractivity contribution is 5.89. The Morgan fingerprint density at radius 3 is 1.56 bits per heavy atom. The fraction of sp³-hybridized carbons (Fsp3) is 0.0370. The molecule has 57 heavy (non-hydrogen) atoms. The molecular weight excluding hydrogens is 693 g/mol. The predicted molar refractivity (Wildman–Crippen MR) is 233 cm³/mol. The Labute approximate surface area is 333 Å². The van der Waals surface area contributed by atoms with Gasteiger partial charge in [0.1, 0.15) is 5.75 Å². The first-order valence-electron chi connectivity index (χ1n) is 19.4. The summed E-state index contributed by atoms with van der Waals surface area (Å²) in [6.45, 7) is 2.07. The number of fused-ring (bicyclic) bond motifs is 3. The van der Waals surface area contributed by atoms with E-state index in [2.05, 4.69) is 165 Å². The fourth-order valence-electron chi connectivity index (χ4n) is 8.75. The summed E-state index contributed by atoms with van der Waals surface area (Å²) in [7, 11) is 0. The van der Waals surface area contributed by atoms with Crippen LogP contribution >= 0.6 is 0 Å². The first kappa shape index (κ1) is 34.2. The second-order valence-electron chi connectivity index (χ2n) is 14.8. The largest absolute Gasteiger partial charge is 0.507 e. The molecule has 0 amide bonds. The number of aromatic nitrogens is 2. The van der Waals surface area contributed by atoms with E-state index in [0.29, 0.717) is 11.3 Å². The molecule has 0 fully saturated rings. The van der Waals surface area contributed by atoms with Gasteiger partial charge in [0.15, 0.2) is 0 Å². The van der Waals surface area contributed by atoms with E-state index >= 15 is 0 Å². The van der Waals surface area contributed by atoms with Crippen molar-refractivity contribution in [2.75, 3.05) is 0 Å². The Balaban J connectivity index is 1.10. The topological polar surface area (TPSA) is 46.0 Å². The minimum atomic E-state index is -0.472. The van der Waals surface area contributed by atoms with Crippen LogP contribution in [0.5, 0.6) is 5.75 Å². The van der Waals surface area contributed by atoms with Crippen LogP contribution in [0.3, 0.4) is 0 Å². The zero-order chi connectivity index (χ0) is 38.3. The van der Waals surface area contributed by atoms with Gasteiger partial charge < -0.3 is 5.11 Å². The normalized spacial score (nSPS) is 12.5. The summed E-state index contributed by atoms with van der Waals surface area (Å²) in [5, 5.41) is 10.8. The molecule has 0 bridgehead atoms. The Kier molecular flexibility index (Phi) is 8.42. The van der Waals surface area contributed by atoms with E-state index in [0.717, 1.165) is 50.5 Å². The van der Waals surface area contributed by atoms with Crippen molar-refractivity contribution in [3.63, 3.8) is 0 Å². The minimum Gasteiger partial charge on any atom is -0.507 e. The van der Waals surface area contributed by atoms with Crippen molar-refractivity contribution < 1.29 is 5.11 Å². The lowest BCUT2D eigenvalue weighted by Crippen LogP contribution is -2.28. The van der Waals surface area contributed by atoms with Gasteiger partial charge in [-0.3, -0.25) is 4.98 Å². The maximum absolute atomic E-state index is 10.8. The molecule has 270 valence electrons. The molecule has 3 heteroatoms. The SMILES string of the molecule is Cc1cc(-c2ccc3c(c2)C(c2ccccc2)(c2ccccc2)c2ccccc2-3)cc(-c2cccc(-c3cc(-c4ccccc4)cc(-c4ccccc4O)n3)c2)n1. The van der Waals surface area contributed by atoms with Gasteiger partial charge in [-0.25, -0.2) is 4.98 Å². The van der Waals surface area contributed by atoms with Crippen LogP contribution in [0.15, 0.2) is 206 Å². The minimum absolute atomic E-state index is 0.201. The first-order valence-corrected chi connectivity index (χ1v) is 19.4. The van der Waals surface area contributed by atoms with E-state index < -0.39 is 5.41 Å². The summed E-state index contributed by atoms with van der Waals surface area (Å²) < 4.78 is 0. The molecule has 3 nitrogen and oxygen atoms in total. The van der Waals surface area contributed by atoms with Crippen molar-refractivity contribution in [1.82, 2.24) is 9.97 Å². The average molecular weight is 731 g/mol. The third-order valence-electron chi connectivity index (χ3n) is 11.3. The molecule has 1 aliphatic carbocycles. The molecule has 0 spiro atoms. The standard InChI is InChI=1S/C54H38N2O/c1-36-30-41(38-28-29-46-45-24-11-13-26-48(45)54(49(46)32-38,43-20-7-3-8-21-43)44-22-9-4-10-23-44)33-50(55-36)39-18-15-19-40(31-39)51-34-42(37-16-5-2-6-17-37)35-52(56-51)47-25-12-14-27-53(47)57/h2-35,57H,1H3. The molecule has 1 aliphatic rings. The van der Waals surface area contributed by atoms with Crippen LogP contribution in [0.1, 0.15) is 27.9 Å². The van der Waals surface area contributed by atoms with Crippen LogP contribution in [0, 0.1) is 6.92 Å². The lowest BCUT2D eigenvalue weighted by molar-refractivity contribution is 0.477. The maximum atomic E-state index is 10.8. The molecule has 9 aromatic rings. The summed E-state index contributed by atoms with van der Waals surface area (Å²) in [6, 6.07) is 72.4. The monoisotopic (exact) mass is 730 g/mol. The van der Waals surface area contributed by atoms with E-state index in [1.54, 1.807) is 6.07 Å². The van der Waals surface area contributed by atoms with E-state index in [1.807, 2.05) is 42.5 Å². The van der Waals surface area contributed by atoms with Crippen LogP contribution in [-0.4, -0.2) is 15.1 Å². The number of phenols is 1. The zero-order valence-electron chi connectivity index (χ0n) is 31.5. The molecule has 2 heterocycles. The van der Waals surface area contributed by atoms with Crippen LogP contribution in [0.4, 0.5) is 0 Å². The average Bonchev–Trinajstić information content (AvgIpc) is 3.57. The Morgan fingerprint density at radius 2 is 0.877 bits per heavy atom. The van der Waals surface area contributed by atoms with Gasteiger partial charge in [0.2, 0.25) is 0 Å². The third-order valence-corrected chi connectivity index (χ3v) is 11.3. The van der Waals surface area contributed by atoms with Crippen molar-refractivity contribution in [3.05, 3.63) is 234 Å². The van der Waals surface area contributed by atoms with Crippen LogP contribution < -0.4 is 0 Å². The van der Waals surface area contributed by atoms with Gasteiger partial charge in [-0.05, 0) is 111 Å². The van der Waals surface area contributed by atoms with Crippen molar-refractivity contribution >= 4 is 0 Å². The van der Waals surface area contributed by atoms with E-state index in [-0.39, 0.29) is 5.75 Å². The summed E-state index contributed by atoms with van der Waals surface area (Å²) in [4.78, 5) is 10.2. The van der Waals surface area contributed by atoms with Gasteiger partial charge in [-0.1, -0.05) is 158 Å². The lowest BCUT2D eigenvalue weighted by atomic mass is 9.67. The van der Waals surface area contributed by atoms with Crippen molar-refractivity contribution in [3.8, 4) is 72.9 Å². The van der Waals surface area contributed by atoms with Gasteiger partial charge in [-0.15, -0.1) is 0 Å². The predicted octanol–water partition coefficient (Wildman–Crippen LogP) is 13.2. The quantitative estimate of drug-likeness (QED) is 0.178. The number of para-hydroxylation sites is 1. The molecule has 0 saturated heterocycles. The Bertz CT molecular complexity index is 2880. The Hall–Kier alpha value is -7.36. The van der Waals surface area contributed by atoms with Crippen molar-refractivity contribution in [2.45, 2.75) is 12.3 Å². The molecule has 0 aliphatic heterocycles. The van der Waals surface area contributed by atoms with Crippen molar-refractivity contribution in [2.24, 2.45) is 0 Å². The van der Waals surface area contributed by atoms with Gasteiger partial charge >= 0.3 is 0 Å². The number of pyridine rings is 2. The molecule has 7 aromatic carbocycles. The summed E-state index contributed by atoms with van der Waals surface area (Å²) in [5.74, 6) is 0.201. The first-order chi connectivity index (χ1) is 28.1. The highest BCUT2D eigenvalue weighted by Gasteiger charge is 2.46. The molecule has 10 rings (SSSR count). The van der Waals surface area contributed by atoms with Gasteiger partial charge in [-0.2, -0.15) is 0 Å². The van der Waals surface area contributed by atoms with Gasteiger partial charge in [0, 0.05) is 22.4 Å². The molecule has 0 unspecified atom stereocenters. The van der Waals surface area contributed by atoms with E-state index in [1.165, 1.54) is 33.4 Å². The fourth-order valence-corrected chi connectivity index (χ4v) is 8.75. The zero-order valence-corrected chi connectivity index (χ0v) is 31.5. The number of aromatic hydroxyl groups is 1. The number of hydrogen-bond donors (Lipinski definition) is 1. The Morgan fingerprint density at radius 1 is 0.351 bits per heavy atom. The number of phenolic OH excluding ortho intramolecular Hbond substituents is 1. The molecule has 2 aromatic heterocycles. The van der Waals surface area contributed by atoms with E-state index in [9.17, 15) is 5.11 Å². The van der Waals surface area contributed by atoms with Crippen LogP contribution in [0.2, 0.25) is 0 Å². The highest BCUT2D eigenvalue weighted by Crippen LogP contribution is 2.56. The van der Waals surface area contributed by atoms with Gasteiger partial charge in [0.25, 0.3) is 0 Å².